The molecule has 1 aromatic heterocycles. The number of fused-ring (bicyclic) bond motifs is 1. The summed E-state index contributed by atoms with van der Waals surface area (Å²) in [4.78, 5) is 8.69. The summed E-state index contributed by atoms with van der Waals surface area (Å²) >= 11 is 5.83. The molecule has 0 saturated heterocycles. The zero-order chi connectivity index (χ0) is 19.9. The highest BCUT2D eigenvalue weighted by atomic mass is 35.5. The van der Waals surface area contributed by atoms with Crippen molar-refractivity contribution in [1.82, 2.24) is 4.98 Å². The van der Waals surface area contributed by atoms with Gasteiger partial charge in [0.15, 0.2) is 5.66 Å². The van der Waals surface area contributed by atoms with Gasteiger partial charge in [0, 0.05) is 45.6 Å². The number of halogens is 2. The molecule has 0 aliphatic carbocycles. The minimum absolute atomic E-state index is 0.313. The molecule has 4 rings (SSSR count). The number of methoxy groups -OCH3 is 1. The minimum atomic E-state index is -1.25. The van der Waals surface area contributed by atoms with Crippen molar-refractivity contribution in [2.24, 2.45) is 10.7 Å². The molecule has 0 saturated carbocycles. The van der Waals surface area contributed by atoms with Gasteiger partial charge in [0.1, 0.15) is 17.6 Å². The van der Waals surface area contributed by atoms with E-state index in [9.17, 15) is 4.39 Å². The molecular formula is C21H14ClFN4O. The van der Waals surface area contributed by atoms with E-state index < -0.39 is 11.5 Å². The van der Waals surface area contributed by atoms with Crippen LogP contribution < -0.4 is 10.5 Å². The van der Waals surface area contributed by atoms with Crippen LogP contribution in [-0.2, 0) is 5.66 Å². The first kappa shape index (κ1) is 18.1. The minimum Gasteiger partial charge on any atom is -0.496 e. The number of nitrogens with two attached hydrogens (primary N) is 1. The number of nitriles is 1. The number of aliphatic imine (C=N–C) groups is 1. The topological polar surface area (TPSA) is 84.3 Å². The molecular weight excluding hydrogens is 379 g/mol. The molecule has 7 heteroatoms. The lowest BCUT2D eigenvalue weighted by Gasteiger charge is -2.22. The maximum absolute atomic E-state index is 14.3. The molecule has 3 aromatic rings. The third-order valence-electron chi connectivity index (χ3n) is 4.60. The van der Waals surface area contributed by atoms with Gasteiger partial charge in [-0.05, 0) is 36.4 Å². The Labute approximate surface area is 165 Å². The first-order valence-electron chi connectivity index (χ1n) is 8.34. The van der Waals surface area contributed by atoms with Crippen LogP contribution in [0, 0.1) is 17.1 Å². The predicted molar refractivity (Wildman–Crippen MR) is 107 cm³/mol. The zero-order valence-corrected chi connectivity index (χ0v) is 15.5. The second-order valence-electron chi connectivity index (χ2n) is 6.39. The van der Waals surface area contributed by atoms with Crippen molar-refractivity contribution in [3.05, 3.63) is 76.2 Å². The van der Waals surface area contributed by atoms with E-state index in [0.717, 1.165) is 5.39 Å². The lowest BCUT2D eigenvalue weighted by molar-refractivity contribution is 0.400. The van der Waals surface area contributed by atoms with Crippen molar-refractivity contribution in [3.8, 4) is 11.8 Å². The Morgan fingerprint density at radius 3 is 2.79 bits per heavy atom. The largest absolute Gasteiger partial charge is 0.496 e. The molecule has 0 fully saturated rings. The van der Waals surface area contributed by atoms with E-state index in [2.05, 4.69) is 16.0 Å². The lowest BCUT2D eigenvalue weighted by Crippen LogP contribution is -2.31. The third kappa shape index (κ3) is 3.01. The summed E-state index contributed by atoms with van der Waals surface area (Å²) in [5.41, 5.74) is 7.87. The normalized spacial score (nSPS) is 18.2. The first-order chi connectivity index (χ1) is 13.4. The Kier molecular flexibility index (Phi) is 4.34. The van der Waals surface area contributed by atoms with Crippen molar-refractivity contribution >= 4 is 34.3 Å². The summed E-state index contributed by atoms with van der Waals surface area (Å²) in [5.74, 6) is 0.0428. The molecule has 28 heavy (non-hydrogen) atoms. The number of benzene rings is 2. The van der Waals surface area contributed by atoms with Gasteiger partial charge in [-0.15, -0.1) is 0 Å². The molecule has 1 unspecified atom stereocenters. The average Bonchev–Trinajstić information content (AvgIpc) is 3.09. The standard InChI is InChI=1S/C21H14ClFN4O/c1-28-20-7-19-13(4-12(9-24)10-26-19)5-17(20)21(25)8-14(11-27-21)16-3-2-15(22)6-18(16)23/h2-8,10-11H,25H2,1H3. The molecule has 5 nitrogen and oxygen atoms in total. The van der Waals surface area contributed by atoms with Crippen LogP contribution in [0.3, 0.4) is 0 Å². The van der Waals surface area contributed by atoms with Crippen molar-refractivity contribution in [2.45, 2.75) is 5.66 Å². The second kappa shape index (κ2) is 6.71. The number of allylic oxidation sites excluding steroid dienone is 1. The summed E-state index contributed by atoms with van der Waals surface area (Å²) in [7, 11) is 1.53. The summed E-state index contributed by atoms with van der Waals surface area (Å²) < 4.78 is 19.8. The Hall–Kier alpha value is -3.27. The summed E-state index contributed by atoms with van der Waals surface area (Å²) in [6.07, 6.45) is 4.69. The van der Waals surface area contributed by atoms with Gasteiger partial charge in [0.05, 0.1) is 18.2 Å². The van der Waals surface area contributed by atoms with Crippen LogP contribution in [0.5, 0.6) is 5.75 Å². The van der Waals surface area contributed by atoms with Crippen molar-refractivity contribution in [1.29, 1.82) is 5.26 Å². The molecule has 1 aliphatic rings. The van der Waals surface area contributed by atoms with Crippen LogP contribution >= 0.6 is 11.6 Å². The molecule has 138 valence electrons. The van der Waals surface area contributed by atoms with Crippen LogP contribution in [0.25, 0.3) is 16.5 Å². The average molecular weight is 393 g/mol. The number of nitrogens with zero attached hydrogens (tertiary/aromatic N) is 3. The maximum atomic E-state index is 14.3. The van der Waals surface area contributed by atoms with Gasteiger partial charge in [-0.25, -0.2) is 4.39 Å². The Balaban J connectivity index is 1.86. The number of ether oxygens (including phenoxy) is 1. The smallest absolute Gasteiger partial charge is 0.157 e. The van der Waals surface area contributed by atoms with Crippen LogP contribution in [0.1, 0.15) is 16.7 Å². The Morgan fingerprint density at radius 1 is 1.25 bits per heavy atom. The third-order valence-corrected chi connectivity index (χ3v) is 4.83. The van der Waals surface area contributed by atoms with E-state index in [1.54, 1.807) is 36.4 Å². The molecule has 1 aliphatic heterocycles. The molecule has 2 N–H and O–H groups in total. The molecule has 1 atom stereocenters. The summed E-state index contributed by atoms with van der Waals surface area (Å²) in [6.45, 7) is 0. The van der Waals surface area contributed by atoms with E-state index in [4.69, 9.17) is 27.3 Å². The van der Waals surface area contributed by atoms with E-state index >= 15 is 0 Å². The Bertz CT molecular complexity index is 1210. The molecule has 0 bridgehead atoms. The molecule has 2 heterocycles. The zero-order valence-electron chi connectivity index (χ0n) is 14.8. The van der Waals surface area contributed by atoms with Gasteiger partial charge in [-0.1, -0.05) is 11.6 Å². The number of hydrogen-bond acceptors (Lipinski definition) is 5. The van der Waals surface area contributed by atoms with Gasteiger partial charge < -0.3 is 4.74 Å². The van der Waals surface area contributed by atoms with Gasteiger partial charge in [-0.3, -0.25) is 15.7 Å². The highest BCUT2D eigenvalue weighted by molar-refractivity contribution is 6.30. The first-order valence-corrected chi connectivity index (χ1v) is 8.72. The van der Waals surface area contributed by atoms with Crippen molar-refractivity contribution < 1.29 is 9.13 Å². The monoisotopic (exact) mass is 392 g/mol. The van der Waals surface area contributed by atoms with Gasteiger partial charge >= 0.3 is 0 Å². The predicted octanol–water partition coefficient (Wildman–Crippen LogP) is 4.19. The summed E-state index contributed by atoms with van der Waals surface area (Å²) in [5, 5.41) is 10.2. The molecule has 0 radical (unpaired) electrons. The van der Waals surface area contributed by atoms with Crippen molar-refractivity contribution in [2.75, 3.05) is 7.11 Å². The molecule has 0 spiro atoms. The van der Waals surface area contributed by atoms with Crippen LogP contribution in [-0.4, -0.2) is 18.3 Å². The fraction of sp³-hybridized carbons (Fsp3) is 0.0952. The van der Waals surface area contributed by atoms with Gasteiger partial charge in [0.25, 0.3) is 0 Å². The highest BCUT2D eigenvalue weighted by Crippen LogP contribution is 2.38. The van der Waals surface area contributed by atoms with Gasteiger partial charge in [0.2, 0.25) is 0 Å². The molecule has 0 amide bonds. The highest BCUT2D eigenvalue weighted by Gasteiger charge is 2.32. The molecule has 2 aromatic carbocycles. The summed E-state index contributed by atoms with van der Waals surface area (Å²) in [6, 6.07) is 11.8. The fourth-order valence-corrected chi connectivity index (χ4v) is 3.37. The fourth-order valence-electron chi connectivity index (χ4n) is 3.21. The number of pyridine rings is 1. The van der Waals surface area contributed by atoms with Crippen LogP contribution in [0.4, 0.5) is 4.39 Å². The van der Waals surface area contributed by atoms with E-state index in [1.807, 2.05) is 0 Å². The maximum Gasteiger partial charge on any atom is 0.157 e. The van der Waals surface area contributed by atoms with Crippen LogP contribution in [0.2, 0.25) is 5.02 Å². The Morgan fingerprint density at radius 2 is 2.07 bits per heavy atom. The number of rotatable bonds is 3. The second-order valence-corrected chi connectivity index (χ2v) is 6.82. The number of aromatic nitrogens is 1. The van der Waals surface area contributed by atoms with Gasteiger partial charge in [-0.2, -0.15) is 5.26 Å². The number of hydrogen-bond donors (Lipinski definition) is 1. The quantitative estimate of drug-likeness (QED) is 0.724. The van der Waals surface area contributed by atoms with Crippen LogP contribution in [0.15, 0.2) is 53.7 Å². The van der Waals surface area contributed by atoms with E-state index in [-0.39, 0.29) is 0 Å². The lowest BCUT2D eigenvalue weighted by atomic mass is 9.95. The van der Waals surface area contributed by atoms with E-state index in [1.165, 1.54) is 25.6 Å². The van der Waals surface area contributed by atoms with E-state index in [0.29, 0.717) is 38.6 Å². The van der Waals surface area contributed by atoms with Crippen molar-refractivity contribution in [3.63, 3.8) is 0 Å². The SMILES string of the molecule is COc1cc2ncc(C#N)cc2cc1C1(N)C=C(c2ccc(Cl)cc2F)C=N1.